The van der Waals surface area contributed by atoms with Gasteiger partial charge >= 0.3 is 5.97 Å². The number of halogens is 1. The van der Waals surface area contributed by atoms with Gasteiger partial charge in [0.1, 0.15) is 28.9 Å². The van der Waals surface area contributed by atoms with E-state index in [4.69, 9.17) is 20.8 Å². The molecule has 0 bridgehead atoms. The van der Waals surface area contributed by atoms with E-state index >= 15 is 0 Å². The Hall–Kier alpha value is -2.51. The second kappa shape index (κ2) is 7.85. The van der Waals surface area contributed by atoms with Gasteiger partial charge in [-0.15, -0.1) is 11.8 Å². The van der Waals surface area contributed by atoms with Crippen LogP contribution in [0.15, 0.2) is 53.1 Å². The van der Waals surface area contributed by atoms with E-state index in [9.17, 15) is 9.59 Å². The average Bonchev–Trinajstić information content (AvgIpc) is 3.35. The lowest BCUT2D eigenvalue weighted by Crippen LogP contribution is -2.42. The molecule has 3 heterocycles. The van der Waals surface area contributed by atoms with Crippen LogP contribution in [0.4, 0.5) is 0 Å². The summed E-state index contributed by atoms with van der Waals surface area (Å²) in [5, 5.41) is 0.873. The first-order chi connectivity index (χ1) is 13.5. The fraction of sp³-hybridized carbons (Fsp3) is 0.250. The maximum Gasteiger partial charge on any atom is 0.330 e. The molecule has 28 heavy (non-hydrogen) atoms. The summed E-state index contributed by atoms with van der Waals surface area (Å²) in [5.41, 5.74) is 1.40. The predicted octanol–water partition coefficient (Wildman–Crippen LogP) is 4.19. The largest absolute Gasteiger partial charge is 0.466 e. The lowest BCUT2D eigenvalue weighted by molar-refractivity contribution is -0.154. The molecule has 0 aliphatic carbocycles. The first kappa shape index (κ1) is 18.8. The Morgan fingerprint density at radius 2 is 2.14 bits per heavy atom. The topological polar surface area (TPSA) is 72.6 Å². The van der Waals surface area contributed by atoms with Crippen LogP contribution in [0, 0.1) is 0 Å². The van der Waals surface area contributed by atoms with E-state index in [1.807, 2.05) is 30.3 Å². The molecule has 3 aromatic rings. The smallest absolute Gasteiger partial charge is 0.330 e. The SMILES string of the molecule is CC(=O)N1[C@@H](c2ccco2)SC[C@H]1C(=O)OCc1cc2ccccc2nc1Cl. The van der Waals surface area contributed by atoms with Crippen molar-refractivity contribution in [2.45, 2.75) is 24.9 Å². The summed E-state index contributed by atoms with van der Waals surface area (Å²) in [6.45, 7) is 1.43. The molecule has 0 N–H and O–H groups in total. The molecule has 1 aliphatic rings. The minimum atomic E-state index is -0.676. The van der Waals surface area contributed by atoms with Crippen LogP contribution in [0.25, 0.3) is 10.9 Å². The number of fused-ring (bicyclic) bond motifs is 1. The predicted molar refractivity (Wildman–Crippen MR) is 107 cm³/mol. The molecule has 1 aromatic carbocycles. The Morgan fingerprint density at radius 1 is 1.32 bits per heavy atom. The van der Waals surface area contributed by atoms with E-state index in [1.54, 1.807) is 18.4 Å². The summed E-state index contributed by atoms with van der Waals surface area (Å²) in [4.78, 5) is 30.7. The van der Waals surface area contributed by atoms with E-state index in [1.165, 1.54) is 23.6 Å². The Balaban J connectivity index is 1.49. The van der Waals surface area contributed by atoms with Gasteiger partial charge in [0.05, 0.1) is 11.8 Å². The van der Waals surface area contributed by atoms with Crippen molar-refractivity contribution >= 4 is 46.1 Å². The minimum absolute atomic E-state index is 0.00612. The number of benzene rings is 1. The van der Waals surface area contributed by atoms with Crippen LogP contribution in [0.3, 0.4) is 0 Å². The van der Waals surface area contributed by atoms with Gasteiger partial charge in [-0.25, -0.2) is 9.78 Å². The zero-order valence-electron chi connectivity index (χ0n) is 15.0. The maximum absolute atomic E-state index is 12.7. The molecular weight excluding hydrogens is 400 g/mol. The molecule has 1 saturated heterocycles. The highest BCUT2D eigenvalue weighted by Gasteiger charge is 2.43. The van der Waals surface area contributed by atoms with E-state index < -0.39 is 12.0 Å². The molecule has 1 amide bonds. The minimum Gasteiger partial charge on any atom is -0.466 e. The van der Waals surface area contributed by atoms with Gasteiger partial charge in [0.2, 0.25) is 5.91 Å². The number of thioether (sulfide) groups is 1. The number of amides is 1. The summed E-state index contributed by atoms with van der Waals surface area (Å²) < 4.78 is 10.9. The van der Waals surface area contributed by atoms with Crippen molar-refractivity contribution < 1.29 is 18.7 Å². The number of hydrogen-bond acceptors (Lipinski definition) is 6. The molecule has 6 nitrogen and oxygen atoms in total. The quantitative estimate of drug-likeness (QED) is 0.469. The van der Waals surface area contributed by atoms with Crippen LogP contribution in [0.2, 0.25) is 5.15 Å². The van der Waals surface area contributed by atoms with Crippen molar-refractivity contribution in [2.75, 3.05) is 5.75 Å². The third-order valence-electron chi connectivity index (χ3n) is 4.54. The van der Waals surface area contributed by atoms with Crippen LogP contribution < -0.4 is 0 Å². The van der Waals surface area contributed by atoms with Crippen molar-refractivity contribution in [3.8, 4) is 0 Å². The highest BCUT2D eigenvalue weighted by atomic mass is 35.5. The van der Waals surface area contributed by atoms with Gasteiger partial charge in [0.15, 0.2) is 0 Å². The van der Waals surface area contributed by atoms with Crippen LogP contribution in [0.5, 0.6) is 0 Å². The van der Waals surface area contributed by atoms with E-state index in [2.05, 4.69) is 4.98 Å². The number of carbonyl (C=O) groups is 2. The number of pyridine rings is 1. The zero-order chi connectivity index (χ0) is 19.7. The molecule has 0 spiro atoms. The molecule has 1 aliphatic heterocycles. The molecule has 0 saturated carbocycles. The van der Waals surface area contributed by atoms with Crippen molar-refractivity contribution in [2.24, 2.45) is 0 Å². The van der Waals surface area contributed by atoms with Crippen LogP contribution in [-0.2, 0) is 20.9 Å². The standard InChI is InChI=1S/C20H17ClN2O4S/c1-12(24)23-16(11-28-19(23)17-7-4-8-26-17)20(25)27-10-14-9-13-5-2-3-6-15(13)22-18(14)21/h2-9,16,19H,10-11H2,1H3/t16-,19+/m0/s1. The highest BCUT2D eigenvalue weighted by Crippen LogP contribution is 2.41. The third kappa shape index (κ3) is 3.59. The monoisotopic (exact) mass is 416 g/mol. The van der Waals surface area contributed by atoms with Gasteiger partial charge in [-0.05, 0) is 24.3 Å². The molecule has 0 radical (unpaired) electrons. The van der Waals surface area contributed by atoms with Gasteiger partial charge in [-0.3, -0.25) is 4.79 Å². The van der Waals surface area contributed by atoms with Crippen LogP contribution in [-0.4, -0.2) is 33.6 Å². The van der Waals surface area contributed by atoms with Crippen LogP contribution in [0.1, 0.15) is 23.6 Å². The zero-order valence-corrected chi connectivity index (χ0v) is 16.6. The van der Waals surface area contributed by atoms with Crippen molar-refractivity contribution in [3.05, 3.63) is 65.2 Å². The molecule has 144 valence electrons. The summed E-state index contributed by atoms with van der Waals surface area (Å²) in [5.74, 6) is 0.394. The van der Waals surface area contributed by atoms with Gasteiger partial charge in [0.25, 0.3) is 0 Å². The van der Waals surface area contributed by atoms with E-state index in [-0.39, 0.29) is 17.9 Å². The lowest BCUT2D eigenvalue weighted by Gasteiger charge is -2.25. The van der Waals surface area contributed by atoms with E-state index in [0.717, 1.165) is 10.9 Å². The van der Waals surface area contributed by atoms with E-state index in [0.29, 0.717) is 22.2 Å². The summed E-state index contributed by atoms with van der Waals surface area (Å²) in [6.07, 6.45) is 1.55. The number of nitrogens with zero attached hydrogens (tertiary/aromatic N) is 2. The number of para-hydroxylation sites is 1. The lowest BCUT2D eigenvalue weighted by atomic mass is 10.2. The summed E-state index contributed by atoms with van der Waals surface area (Å²) >= 11 is 7.70. The Morgan fingerprint density at radius 3 is 2.89 bits per heavy atom. The molecule has 4 rings (SSSR count). The molecular formula is C20H17ClN2O4S. The van der Waals surface area contributed by atoms with Crippen molar-refractivity contribution in [1.82, 2.24) is 9.88 Å². The Kier molecular flexibility index (Phi) is 5.28. The van der Waals surface area contributed by atoms with Gasteiger partial charge in [-0.1, -0.05) is 29.8 Å². The molecule has 0 unspecified atom stereocenters. The molecule has 2 aromatic heterocycles. The third-order valence-corrected chi connectivity index (χ3v) is 6.15. The Bertz CT molecular complexity index is 1020. The second-order valence-electron chi connectivity index (χ2n) is 6.38. The second-order valence-corrected chi connectivity index (χ2v) is 7.85. The number of rotatable bonds is 4. The average molecular weight is 417 g/mol. The number of hydrogen-bond donors (Lipinski definition) is 0. The van der Waals surface area contributed by atoms with Gasteiger partial charge < -0.3 is 14.1 Å². The van der Waals surface area contributed by atoms with Crippen LogP contribution >= 0.6 is 23.4 Å². The van der Waals surface area contributed by atoms with Crippen molar-refractivity contribution in [3.63, 3.8) is 0 Å². The van der Waals surface area contributed by atoms with Gasteiger partial charge in [0, 0.05) is 23.6 Å². The maximum atomic E-state index is 12.7. The molecule has 2 atom stereocenters. The summed E-state index contributed by atoms with van der Waals surface area (Å²) in [7, 11) is 0. The summed E-state index contributed by atoms with van der Waals surface area (Å²) in [6, 6.07) is 12.3. The fourth-order valence-electron chi connectivity index (χ4n) is 3.21. The Labute approximate surface area is 170 Å². The first-order valence-corrected chi connectivity index (χ1v) is 10.1. The molecule has 1 fully saturated rings. The normalized spacial score (nSPS) is 19.1. The van der Waals surface area contributed by atoms with Gasteiger partial charge in [-0.2, -0.15) is 0 Å². The number of carbonyl (C=O) groups excluding carboxylic acids is 2. The number of ether oxygens (including phenoxy) is 1. The highest BCUT2D eigenvalue weighted by molar-refractivity contribution is 7.99. The fourth-order valence-corrected chi connectivity index (χ4v) is 4.82. The number of aromatic nitrogens is 1. The number of furan rings is 1. The number of esters is 1. The molecule has 8 heteroatoms. The van der Waals surface area contributed by atoms with Crippen molar-refractivity contribution in [1.29, 1.82) is 0 Å². The first-order valence-electron chi connectivity index (χ1n) is 8.69.